The molecule has 86 valence electrons. The van der Waals surface area contributed by atoms with Gasteiger partial charge in [-0.3, -0.25) is 10.1 Å². The topological polar surface area (TPSA) is 62.3 Å². The molecule has 2 heterocycles. The summed E-state index contributed by atoms with van der Waals surface area (Å²) in [6.45, 7) is 3.06. The third-order valence-electron chi connectivity index (χ3n) is 2.47. The number of likely N-dealkylation sites (tertiary alicyclic amines) is 1. The third kappa shape index (κ3) is 2.38. The van der Waals surface area contributed by atoms with Crippen molar-refractivity contribution in [2.45, 2.75) is 19.8 Å². The number of nitrogens with one attached hydrogen (secondary N) is 1. The van der Waals surface area contributed by atoms with Crippen LogP contribution < -0.4 is 5.32 Å². The van der Waals surface area contributed by atoms with E-state index < -0.39 is 0 Å². The fraction of sp³-hybridized carbons (Fsp3) is 0.500. The van der Waals surface area contributed by atoms with Crippen molar-refractivity contribution in [1.29, 1.82) is 0 Å². The van der Waals surface area contributed by atoms with Gasteiger partial charge < -0.3 is 4.90 Å². The van der Waals surface area contributed by atoms with Crippen LogP contribution in [-0.2, 0) is 0 Å². The number of rotatable bonds is 2. The average molecular weight is 239 g/mol. The summed E-state index contributed by atoms with van der Waals surface area (Å²) in [4.78, 5) is 28.5. The van der Waals surface area contributed by atoms with Gasteiger partial charge in [-0.25, -0.2) is 9.78 Å². The number of nitrogens with zero attached hydrogens (tertiary/aromatic N) is 2. The van der Waals surface area contributed by atoms with E-state index >= 15 is 0 Å². The fourth-order valence-corrected chi connectivity index (χ4v) is 2.32. The van der Waals surface area contributed by atoms with E-state index in [-0.39, 0.29) is 11.8 Å². The van der Waals surface area contributed by atoms with Gasteiger partial charge in [-0.15, -0.1) is 11.3 Å². The van der Waals surface area contributed by atoms with E-state index in [2.05, 4.69) is 10.3 Å². The van der Waals surface area contributed by atoms with Crippen LogP contribution in [0, 0.1) is 0 Å². The van der Waals surface area contributed by atoms with E-state index in [1.54, 1.807) is 10.3 Å². The monoisotopic (exact) mass is 239 g/mol. The van der Waals surface area contributed by atoms with Crippen LogP contribution in [0.5, 0.6) is 0 Å². The van der Waals surface area contributed by atoms with E-state index in [0.29, 0.717) is 10.8 Å². The predicted molar refractivity (Wildman–Crippen MR) is 61.9 cm³/mol. The minimum atomic E-state index is -0.123. The molecule has 0 aliphatic carbocycles. The molecule has 0 radical (unpaired) electrons. The minimum absolute atomic E-state index is 0.0853. The third-order valence-corrected chi connectivity index (χ3v) is 3.23. The van der Waals surface area contributed by atoms with Crippen molar-refractivity contribution < 1.29 is 9.59 Å². The Labute approximate surface area is 97.5 Å². The van der Waals surface area contributed by atoms with Gasteiger partial charge in [0.2, 0.25) is 0 Å². The Morgan fingerprint density at radius 1 is 1.44 bits per heavy atom. The Bertz CT molecular complexity index is 410. The lowest BCUT2D eigenvalue weighted by Crippen LogP contribution is -2.32. The second-order valence-electron chi connectivity index (χ2n) is 3.72. The molecule has 0 aromatic carbocycles. The first-order valence-electron chi connectivity index (χ1n) is 5.19. The number of thiazole rings is 1. The van der Waals surface area contributed by atoms with Crippen molar-refractivity contribution in [1.82, 2.24) is 9.88 Å². The van der Waals surface area contributed by atoms with Gasteiger partial charge in [-0.2, -0.15) is 0 Å². The number of carbonyl (C=O) groups is 2. The molecular formula is C10H13N3O2S. The summed E-state index contributed by atoms with van der Waals surface area (Å²) in [5.74, 6) is -0.0853. The quantitative estimate of drug-likeness (QED) is 0.803. The van der Waals surface area contributed by atoms with Gasteiger partial charge >= 0.3 is 6.03 Å². The SMILES string of the molecule is CC(=O)c1csc(NC(=O)N2CCCC2)n1. The van der Waals surface area contributed by atoms with Crippen LogP contribution >= 0.6 is 11.3 Å². The number of urea groups is 1. The zero-order valence-corrected chi connectivity index (χ0v) is 9.84. The van der Waals surface area contributed by atoms with E-state index in [1.807, 2.05) is 0 Å². The number of ketones is 1. The first kappa shape index (κ1) is 11.1. The molecule has 1 N–H and O–H groups in total. The highest BCUT2D eigenvalue weighted by Gasteiger charge is 2.18. The van der Waals surface area contributed by atoms with E-state index in [9.17, 15) is 9.59 Å². The lowest BCUT2D eigenvalue weighted by Gasteiger charge is -2.14. The molecule has 1 saturated heterocycles. The summed E-state index contributed by atoms with van der Waals surface area (Å²) in [7, 11) is 0. The lowest BCUT2D eigenvalue weighted by molar-refractivity contribution is 0.101. The van der Waals surface area contributed by atoms with Crippen molar-refractivity contribution in [3.63, 3.8) is 0 Å². The van der Waals surface area contributed by atoms with Gasteiger partial charge in [0, 0.05) is 25.4 Å². The van der Waals surface area contributed by atoms with Crippen molar-refractivity contribution in [2.75, 3.05) is 18.4 Å². The number of hydrogen-bond donors (Lipinski definition) is 1. The zero-order chi connectivity index (χ0) is 11.5. The fourth-order valence-electron chi connectivity index (χ4n) is 1.58. The first-order chi connectivity index (χ1) is 7.66. The minimum Gasteiger partial charge on any atom is -0.324 e. The number of carbonyl (C=O) groups excluding carboxylic acids is 2. The van der Waals surface area contributed by atoms with Crippen LogP contribution in [0.4, 0.5) is 9.93 Å². The Kier molecular flexibility index (Phi) is 3.19. The molecule has 1 aromatic heterocycles. The summed E-state index contributed by atoms with van der Waals surface area (Å²) in [5.41, 5.74) is 0.404. The Morgan fingerprint density at radius 3 is 2.69 bits per heavy atom. The van der Waals surface area contributed by atoms with Gasteiger partial charge in [0.25, 0.3) is 0 Å². The zero-order valence-electron chi connectivity index (χ0n) is 9.02. The molecule has 0 saturated carbocycles. The Hall–Kier alpha value is -1.43. The van der Waals surface area contributed by atoms with Gasteiger partial charge in [0.1, 0.15) is 5.69 Å². The van der Waals surface area contributed by atoms with Crippen molar-refractivity contribution in [2.24, 2.45) is 0 Å². The second-order valence-corrected chi connectivity index (χ2v) is 4.58. The van der Waals surface area contributed by atoms with Crippen LogP contribution in [0.3, 0.4) is 0 Å². The van der Waals surface area contributed by atoms with E-state index in [0.717, 1.165) is 25.9 Å². The summed E-state index contributed by atoms with van der Waals surface area (Å²) in [6, 6.07) is -0.123. The highest BCUT2D eigenvalue weighted by atomic mass is 32.1. The van der Waals surface area contributed by atoms with Gasteiger partial charge in [0.05, 0.1) is 0 Å². The van der Waals surface area contributed by atoms with Crippen LogP contribution in [-0.4, -0.2) is 34.8 Å². The molecular weight excluding hydrogens is 226 g/mol. The summed E-state index contributed by atoms with van der Waals surface area (Å²) < 4.78 is 0. The maximum Gasteiger partial charge on any atom is 0.323 e. The number of aromatic nitrogens is 1. The Morgan fingerprint density at radius 2 is 2.12 bits per heavy atom. The second kappa shape index (κ2) is 4.61. The van der Waals surface area contributed by atoms with Crippen LogP contribution in [0.2, 0.25) is 0 Å². The van der Waals surface area contributed by atoms with Crippen molar-refractivity contribution in [3.8, 4) is 0 Å². The maximum atomic E-state index is 11.7. The summed E-state index contributed by atoms with van der Waals surface area (Å²) in [6.07, 6.45) is 2.12. The van der Waals surface area contributed by atoms with E-state index in [4.69, 9.17) is 0 Å². The molecule has 1 fully saturated rings. The number of hydrogen-bond acceptors (Lipinski definition) is 4. The molecule has 0 unspecified atom stereocenters. The first-order valence-corrected chi connectivity index (χ1v) is 6.07. The highest BCUT2D eigenvalue weighted by Crippen LogP contribution is 2.17. The largest absolute Gasteiger partial charge is 0.324 e. The Balaban J connectivity index is 1.97. The molecule has 6 heteroatoms. The molecule has 0 atom stereocenters. The summed E-state index contributed by atoms with van der Waals surface area (Å²) >= 11 is 1.27. The van der Waals surface area contributed by atoms with Crippen LogP contribution in [0.25, 0.3) is 0 Å². The lowest BCUT2D eigenvalue weighted by atomic mass is 10.4. The standard InChI is InChI=1S/C10H13N3O2S/c1-7(14)8-6-16-9(11-8)12-10(15)13-4-2-3-5-13/h6H,2-5H2,1H3,(H,11,12,15). The van der Waals surface area contributed by atoms with Crippen molar-refractivity contribution >= 4 is 28.3 Å². The van der Waals surface area contributed by atoms with Crippen LogP contribution in [0.15, 0.2) is 5.38 Å². The highest BCUT2D eigenvalue weighted by molar-refractivity contribution is 7.14. The van der Waals surface area contributed by atoms with Gasteiger partial charge in [-0.1, -0.05) is 0 Å². The number of amides is 2. The van der Waals surface area contributed by atoms with Crippen LogP contribution in [0.1, 0.15) is 30.3 Å². The van der Waals surface area contributed by atoms with E-state index in [1.165, 1.54) is 18.3 Å². The maximum absolute atomic E-state index is 11.7. The number of anilines is 1. The normalized spacial score (nSPS) is 15.2. The van der Waals surface area contributed by atoms with Crippen molar-refractivity contribution in [3.05, 3.63) is 11.1 Å². The molecule has 16 heavy (non-hydrogen) atoms. The average Bonchev–Trinajstić information content (AvgIpc) is 2.87. The summed E-state index contributed by atoms with van der Waals surface area (Å²) in [5, 5.41) is 4.84. The molecule has 0 spiro atoms. The predicted octanol–water partition coefficient (Wildman–Crippen LogP) is 1.97. The molecule has 5 nitrogen and oxygen atoms in total. The van der Waals surface area contributed by atoms with Gasteiger partial charge in [0.15, 0.2) is 10.9 Å². The molecule has 0 bridgehead atoms. The molecule has 2 amide bonds. The number of Topliss-reactive ketones (excluding diaryl/α,β-unsaturated/α-hetero) is 1. The molecule has 2 rings (SSSR count). The molecule has 1 aliphatic rings. The smallest absolute Gasteiger partial charge is 0.323 e. The molecule has 1 aliphatic heterocycles. The molecule has 1 aromatic rings. The van der Waals surface area contributed by atoms with Gasteiger partial charge in [-0.05, 0) is 12.8 Å².